The first-order chi connectivity index (χ1) is 11.9. The zero-order valence-corrected chi connectivity index (χ0v) is 15.7. The number of carbonyl (C=O) groups excluding carboxylic acids is 1. The topological polar surface area (TPSA) is 38.7 Å². The first kappa shape index (κ1) is 17.5. The molecular weight excluding hydrogens is 330 g/mol. The Morgan fingerprint density at radius 3 is 2.20 bits per heavy atom. The molecule has 2 aromatic carbocycles. The molecule has 0 saturated carbocycles. The number of esters is 1. The van der Waals surface area contributed by atoms with Crippen molar-refractivity contribution in [1.29, 1.82) is 0 Å². The van der Waals surface area contributed by atoms with Crippen molar-refractivity contribution in [2.24, 2.45) is 4.99 Å². The minimum atomic E-state index is -0.413. The average molecular weight is 351 g/mol. The third-order valence-electron chi connectivity index (χ3n) is 4.04. The van der Waals surface area contributed by atoms with Crippen LogP contribution in [0.25, 0.3) is 6.08 Å². The Morgan fingerprint density at radius 1 is 1.00 bits per heavy atom. The van der Waals surface area contributed by atoms with Crippen LogP contribution in [0.1, 0.15) is 37.5 Å². The van der Waals surface area contributed by atoms with Gasteiger partial charge in [0.2, 0.25) is 5.90 Å². The van der Waals surface area contributed by atoms with E-state index in [-0.39, 0.29) is 5.41 Å². The normalized spacial score (nSPS) is 16.1. The van der Waals surface area contributed by atoms with E-state index in [1.165, 1.54) is 10.5 Å². The molecule has 0 aliphatic carbocycles. The van der Waals surface area contributed by atoms with Gasteiger partial charge in [-0.3, -0.25) is 0 Å². The fourth-order valence-corrected chi connectivity index (χ4v) is 2.91. The second kappa shape index (κ2) is 6.89. The van der Waals surface area contributed by atoms with E-state index in [1.807, 2.05) is 42.7 Å². The SMILES string of the molecule is CSc1ccc(C=C2N=C(c3ccc(C(C)(C)C)cc3)OC2=O)cc1. The van der Waals surface area contributed by atoms with Crippen molar-refractivity contribution in [2.75, 3.05) is 6.26 Å². The number of hydrogen-bond acceptors (Lipinski definition) is 4. The second-order valence-corrected chi connectivity index (χ2v) is 7.82. The van der Waals surface area contributed by atoms with Gasteiger partial charge in [-0.15, -0.1) is 11.8 Å². The first-order valence-electron chi connectivity index (χ1n) is 8.14. The number of nitrogens with zero attached hydrogens (tertiary/aromatic N) is 1. The molecule has 0 atom stereocenters. The van der Waals surface area contributed by atoms with E-state index in [1.54, 1.807) is 17.8 Å². The van der Waals surface area contributed by atoms with E-state index in [0.29, 0.717) is 11.6 Å². The number of aliphatic imine (C=N–C) groups is 1. The largest absolute Gasteiger partial charge is 0.402 e. The predicted molar refractivity (Wildman–Crippen MR) is 104 cm³/mol. The lowest BCUT2D eigenvalue weighted by molar-refractivity contribution is -0.129. The van der Waals surface area contributed by atoms with Gasteiger partial charge in [0.15, 0.2) is 5.70 Å². The highest BCUT2D eigenvalue weighted by atomic mass is 32.2. The van der Waals surface area contributed by atoms with E-state index in [4.69, 9.17) is 4.74 Å². The lowest BCUT2D eigenvalue weighted by Gasteiger charge is -2.18. The Bertz CT molecular complexity index is 841. The number of thioether (sulfide) groups is 1. The second-order valence-electron chi connectivity index (χ2n) is 6.94. The van der Waals surface area contributed by atoms with Crippen LogP contribution in [0.15, 0.2) is 64.1 Å². The molecule has 128 valence electrons. The van der Waals surface area contributed by atoms with E-state index in [2.05, 4.69) is 37.9 Å². The first-order valence-corrected chi connectivity index (χ1v) is 9.37. The average Bonchev–Trinajstić information content (AvgIpc) is 2.96. The predicted octanol–water partition coefficient (Wildman–Crippen LogP) is 5.05. The summed E-state index contributed by atoms with van der Waals surface area (Å²) in [4.78, 5) is 17.7. The Kier molecular flexibility index (Phi) is 4.82. The van der Waals surface area contributed by atoms with Gasteiger partial charge in [0, 0.05) is 10.5 Å². The number of cyclic esters (lactones) is 1. The van der Waals surface area contributed by atoms with Crippen LogP contribution in [-0.4, -0.2) is 18.1 Å². The van der Waals surface area contributed by atoms with Crippen LogP contribution in [0.5, 0.6) is 0 Å². The molecule has 1 aliphatic rings. The monoisotopic (exact) mass is 351 g/mol. The summed E-state index contributed by atoms with van der Waals surface area (Å²) in [6.45, 7) is 6.49. The molecule has 1 aliphatic heterocycles. The number of rotatable bonds is 3. The molecule has 2 aromatic rings. The van der Waals surface area contributed by atoms with Gasteiger partial charge in [-0.2, -0.15) is 0 Å². The van der Waals surface area contributed by atoms with Crippen molar-refractivity contribution in [1.82, 2.24) is 0 Å². The summed E-state index contributed by atoms with van der Waals surface area (Å²) in [6.07, 6.45) is 3.78. The van der Waals surface area contributed by atoms with Gasteiger partial charge >= 0.3 is 5.97 Å². The maximum atomic E-state index is 12.1. The third-order valence-corrected chi connectivity index (χ3v) is 4.78. The Morgan fingerprint density at radius 2 is 1.64 bits per heavy atom. The van der Waals surface area contributed by atoms with Crippen LogP contribution in [0.2, 0.25) is 0 Å². The van der Waals surface area contributed by atoms with Gasteiger partial charge in [-0.1, -0.05) is 45.0 Å². The fraction of sp³-hybridized carbons (Fsp3) is 0.238. The van der Waals surface area contributed by atoms with Crippen molar-refractivity contribution >= 4 is 29.7 Å². The van der Waals surface area contributed by atoms with Gasteiger partial charge in [-0.05, 0) is 53.1 Å². The van der Waals surface area contributed by atoms with Gasteiger partial charge in [-0.25, -0.2) is 9.79 Å². The van der Waals surface area contributed by atoms with Crippen molar-refractivity contribution in [3.05, 3.63) is 70.9 Å². The number of carbonyl (C=O) groups is 1. The Hall–Kier alpha value is -2.33. The van der Waals surface area contributed by atoms with E-state index >= 15 is 0 Å². The summed E-state index contributed by atoms with van der Waals surface area (Å²) in [5, 5.41) is 0. The zero-order chi connectivity index (χ0) is 18.0. The molecule has 0 N–H and O–H groups in total. The molecule has 0 spiro atoms. The molecule has 0 amide bonds. The molecule has 0 unspecified atom stereocenters. The molecule has 4 heteroatoms. The van der Waals surface area contributed by atoms with E-state index in [9.17, 15) is 4.79 Å². The molecule has 0 saturated heterocycles. The maximum Gasteiger partial charge on any atom is 0.363 e. The maximum absolute atomic E-state index is 12.1. The van der Waals surface area contributed by atoms with E-state index in [0.717, 1.165) is 11.1 Å². The number of ether oxygens (including phenoxy) is 1. The molecular formula is C21H21NO2S. The fourth-order valence-electron chi connectivity index (χ4n) is 2.50. The highest BCUT2D eigenvalue weighted by Crippen LogP contribution is 2.24. The molecule has 3 nitrogen and oxygen atoms in total. The van der Waals surface area contributed by atoms with Crippen LogP contribution in [0.3, 0.4) is 0 Å². The molecule has 0 radical (unpaired) electrons. The minimum Gasteiger partial charge on any atom is -0.402 e. The highest BCUT2D eigenvalue weighted by molar-refractivity contribution is 7.98. The van der Waals surface area contributed by atoms with Crippen molar-refractivity contribution in [3.63, 3.8) is 0 Å². The van der Waals surface area contributed by atoms with Crippen LogP contribution in [-0.2, 0) is 14.9 Å². The summed E-state index contributed by atoms with van der Waals surface area (Å²) in [6, 6.07) is 16.0. The van der Waals surface area contributed by atoms with Crippen molar-refractivity contribution in [3.8, 4) is 0 Å². The van der Waals surface area contributed by atoms with Crippen molar-refractivity contribution < 1.29 is 9.53 Å². The Labute approximate surface area is 152 Å². The summed E-state index contributed by atoms with van der Waals surface area (Å²) in [5.41, 5.74) is 3.37. The summed E-state index contributed by atoms with van der Waals surface area (Å²) >= 11 is 1.68. The van der Waals surface area contributed by atoms with Crippen LogP contribution < -0.4 is 0 Å². The van der Waals surface area contributed by atoms with Crippen molar-refractivity contribution in [2.45, 2.75) is 31.1 Å². The number of hydrogen-bond donors (Lipinski definition) is 0. The molecule has 25 heavy (non-hydrogen) atoms. The highest BCUT2D eigenvalue weighted by Gasteiger charge is 2.24. The lowest BCUT2D eigenvalue weighted by Crippen LogP contribution is -2.11. The van der Waals surface area contributed by atoms with E-state index < -0.39 is 5.97 Å². The van der Waals surface area contributed by atoms with Gasteiger partial charge < -0.3 is 4.74 Å². The Balaban J connectivity index is 1.85. The third kappa shape index (κ3) is 4.02. The summed E-state index contributed by atoms with van der Waals surface area (Å²) in [7, 11) is 0. The minimum absolute atomic E-state index is 0.0840. The van der Waals surface area contributed by atoms with Crippen LogP contribution >= 0.6 is 11.8 Å². The zero-order valence-electron chi connectivity index (χ0n) is 14.9. The standard InChI is InChI=1S/C21H21NO2S/c1-21(2,3)16-9-7-15(8-10-16)19-22-18(20(23)24-19)13-14-5-11-17(25-4)12-6-14/h5-13H,1-4H3. The summed E-state index contributed by atoms with van der Waals surface area (Å²) in [5.74, 6) is -0.0544. The van der Waals surface area contributed by atoms with Gasteiger partial charge in [0.05, 0.1) is 0 Å². The quantitative estimate of drug-likeness (QED) is 0.441. The molecule has 3 rings (SSSR count). The summed E-state index contributed by atoms with van der Waals surface area (Å²) < 4.78 is 5.34. The molecule has 0 fully saturated rings. The number of benzene rings is 2. The van der Waals surface area contributed by atoms with Crippen LogP contribution in [0.4, 0.5) is 0 Å². The van der Waals surface area contributed by atoms with Gasteiger partial charge in [0.1, 0.15) is 0 Å². The van der Waals surface area contributed by atoms with Crippen LogP contribution in [0, 0.1) is 0 Å². The molecule has 1 heterocycles. The van der Waals surface area contributed by atoms with Gasteiger partial charge in [0.25, 0.3) is 0 Å². The lowest BCUT2D eigenvalue weighted by atomic mass is 9.87. The molecule has 0 aromatic heterocycles. The smallest absolute Gasteiger partial charge is 0.363 e. The molecule has 0 bridgehead atoms.